The smallest absolute Gasteiger partial charge is 0.348 e. The fourth-order valence-electron chi connectivity index (χ4n) is 1.77. The summed E-state index contributed by atoms with van der Waals surface area (Å²) in [4.78, 5) is 24.2. The second-order valence-electron chi connectivity index (χ2n) is 6.13. The summed E-state index contributed by atoms with van der Waals surface area (Å²) in [6, 6.07) is 6.20. The number of aromatic hydroxyl groups is 1. The van der Waals surface area contributed by atoms with Crippen LogP contribution in [0, 0.1) is 5.41 Å². The zero-order valence-corrected chi connectivity index (χ0v) is 12.5. The largest absolute Gasteiger partial charge is 0.508 e. The van der Waals surface area contributed by atoms with Gasteiger partial charge in [-0.2, -0.15) is 0 Å². The van der Waals surface area contributed by atoms with Crippen molar-refractivity contribution in [2.45, 2.75) is 33.5 Å². The van der Waals surface area contributed by atoms with Gasteiger partial charge in [-0.1, -0.05) is 32.9 Å². The minimum atomic E-state index is -1.31. The fraction of sp³-hybridized carbons (Fsp3) is 0.375. The second kappa shape index (κ2) is 4.91. The van der Waals surface area contributed by atoms with Crippen LogP contribution in [0.1, 0.15) is 33.3 Å². The molecule has 5 nitrogen and oxygen atoms in total. The Morgan fingerprint density at radius 2 is 1.71 bits per heavy atom. The molecule has 0 amide bonds. The molecular formula is C16H18O5. The van der Waals surface area contributed by atoms with Crippen LogP contribution < -0.4 is 0 Å². The summed E-state index contributed by atoms with van der Waals surface area (Å²) in [6.45, 7) is 7.01. The first-order chi connectivity index (χ1) is 9.62. The number of benzene rings is 1. The van der Waals surface area contributed by atoms with Crippen LogP contribution in [0.5, 0.6) is 5.75 Å². The third-order valence-corrected chi connectivity index (χ3v) is 3.56. The van der Waals surface area contributed by atoms with Gasteiger partial charge in [0, 0.05) is 12.3 Å². The Morgan fingerprint density at radius 1 is 1.14 bits per heavy atom. The maximum atomic E-state index is 12.1. The number of rotatable bonds is 1. The lowest BCUT2D eigenvalue weighted by molar-refractivity contribution is -0.261. The van der Waals surface area contributed by atoms with Crippen molar-refractivity contribution in [2.24, 2.45) is 5.41 Å². The highest BCUT2D eigenvalue weighted by molar-refractivity contribution is 6.18. The molecule has 0 aliphatic carbocycles. The number of hydrogen-bond donors (Lipinski definition) is 1. The summed E-state index contributed by atoms with van der Waals surface area (Å²) in [7, 11) is 0. The molecule has 0 atom stereocenters. The molecule has 1 fully saturated rings. The molecule has 0 aromatic heterocycles. The quantitative estimate of drug-likeness (QED) is 0.489. The molecule has 112 valence electrons. The number of carbonyl (C=O) groups is 2. The molecule has 0 spiro atoms. The Bertz CT molecular complexity index is 602. The average Bonchev–Trinajstić information content (AvgIpc) is 2.32. The Balaban J connectivity index is 2.34. The number of carbonyl (C=O) groups excluding carboxylic acids is 2. The van der Waals surface area contributed by atoms with E-state index >= 15 is 0 Å². The molecule has 1 saturated heterocycles. The summed E-state index contributed by atoms with van der Waals surface area (Å²) < 4.78 is 10.6. The van der Waals surface area contributed by atoms with Crippen molar-refractivity contribution in [1.29, 1.82) is 0 Å². The molecule has 21 heavy (non-hydrogen) atoms. The van der Waals surface area contributed by atoms with E-state index in [9.17, 15) is 14.7 Å². The molecule has 1 heterocycles. The summed E-state index contributed by atoms with van der Waals surface area (Å²) in [6.07, 6.45) is 1.34. The van der Waals surface area contributed by atoms with Crippen LogP contribution in [-0.2, 0) is 19.1 Å². The van der Waals surface area contributed by atoms with Crippen LogP contribution in [0.3, 0.4) is 0 Å². The van der Waals surface area contributed by atoms with E-state index in [4.69, 9.17) is 9.47 Å². The molecular weight excluding hydrogens is 272 g/mol. The molecule has 1 aromatic carbocycles. The molecule has 0 radical (unpaired) electrons. The number of phenolic OH excluding ortho intramolecular Hbond substituents is 1. The molecule has 5 heteroatoms. The normalized spacial score (nSPS) is 22.6. The van der Waals surface area contributed by atoms with Crippen molar-refractivity contribution < 1.29 is 24.2 Å². The van der Waals surface area contributed by atoms with E-state index in [-0.39, 0.29) is 11.3 Å². The average molecular weight is 290 g/mol. The summed E-state index contributed by atoms with van der Waals surface area (Å²) in [5.41, 5.74) is -0.227. The maximum absolute atomic E-state index is 12.1. The first kappa shape index (κ1) is 15.1. The van der Waals surface area contributed by atoms with Crippen molar-refractivity contribution in [1.82, 2.24) is 0 Å². The number of cyclic esters (lactones) is 2. The van der Waals surface area contributed by atoms with E-state index in [1.807, 2.05) is 20.8 Å². The number of phenols is 1. The minimum Gasteiger partial charge on any atom is -0.508 e. The van der Waals surface area contributed by atoms with E-state index < -0.39 is 23.1 Å². The van der Waals surface area contributed by atoms with E-state index in [1.165, 1.54) is 18.2 Å². The molecule has 1 aliphatic rings. The molecule has 1 aromatic rings. The van der Waals surface area contributed by atoms with Crippen LogP contribution in [0.4, 0.5) is 0 Å². The summed E-state index contributed by atoms with van der Waals surface area (Å²) in [5.74, 6) is -2.72. The van der Waals surface area contributed by atoms with Crippen LogP contribution in [0.25, 0.3) is 6.08 Å². The Morgan fingerprint density at radius 3 is 2.19 bits per heavy atom. The monoisotopic (exact) mass is 290 g/mol. The number of esters is 2. The molecule has 0 unspecified atom stereocenters. The van der Waals surface area contributed by atoms with Gasteiger partial charge in [-0.05, 0) is 23.8 Å². The summed E-state index contributed by atoms with van der Waals surface area (Å²) in [5, 5.41) is 9.40. The highest BCUT2D eigenvalue weighted by Crippen LogP contribution is 2.38. The minimum absolute atomic E-state index is 0.0430. The van der Waals surface area contributed by atoms with Gasteiger partial charge in [-0.3, -0.25) is 0 Å². The lowest BCUT2D eigenvalue weighted by Gasteiger charge is -2.42. The van der Waals surface area contributed by atoms with E-state index in [0.29, 0.717) is 5.56 Å². The van der Waals surface area contributed by atoms with E-state index in [1.54, 1.807) is 19.1 Å². The first-order valence-corrected chi connectivity index (χ1v) is 6.60. The lowest BCUT2D eigenvalue weighted by Crippen LogP contribution is -2.52. The van der Waals surface area contributed by atoms with Gasteiger partial charge in [-0.15, -0.1) is 0 Å². The number of hydrogen-bond acceptors (Lipinski definition) is 5. The second-order valence-corrected chi connectivity index (χ2v) is 6.13. The van der Waals surface area contributed by atoms with Crippen LogP contribution in [0.15, 0.2) is 29.8 Å². The Hall–Kier alpha value is -2.30. The Kier molecular flexibility index (Phi) is 3.53. The van der Waals surface area contributed by atoms with E-state index in [2.05, 4.69) is 0 Å². The molecule has 2 rings (SSSR count). The highest BCUT2D eigenvalue weighted by Gasteiger charge is 2.50. The standard InChI is InChI=1S/C16H18O5/c1-15(2,3)16(4)20-13(18)12(14(19)21-16)9-10-6-5-7-11(17)8-10/h5-9,17H,1-4H3. The van der Waals surface area contributed by atoms with Crippen LogP contribution in [0.2, 0.25) is 0 Å². The maximum Gasteiger partial charge on any atom is 0.348 e. The lowest BCUT2D eigenvalue weighted by atomic mass is 9.85. The summed E-state index contributed by atoms with van der Waals surface area (Å²) >= 11 is 0. The third-order valence-electron chi connectivity index (χ3n) is 3.56. The van der Waals surface area contributed by atoms with Crippen molar-refractivity contribution in [3.8, 4) is 5.75 Å². The topological polar surface area (TPSA) is 72.8 Å². The predicted molar refractivity (Wildman–Crippen MR) is 76.1 cm³/mol. The van der Waals surface area contributed by atoms with Crippen molar-refractivity contribution in [3.63, 3.8) is 0 Å². The van der Waals surface area contributed by atoms with Crippen molar-refractivity contribution in [3.05, 3.63) is 35.4 Å². The molecule has 0 bridgehead atoms. The van der Waals surface area contributed by atoms with E-state index in [0.717, 1.165) is 0 Å². The number of ether oxygens (including phenoxy) is 2. The van der Waals surface area contributed by atoms with Gasteiger partial charge in [0.05, 0.1) is 0 Å². The van der Waals surface area contributed by atoms with Crippen molar-refractivity contribution >= 4 is 18.0 Å². The Labute approximate surface area is 123 Å². The van der Waals surface area contributed by atoms with Gasteiger partial charge < -0.3 is 14.6 Å². The van der Waals surface area contributed by atoms with Crippen LogP contribution in [-0.4, -0.2) is 22.8 Å². The van der Waals surface area contributed by atoms with Gasteiger partial charge >= 0.3 is 11.9 Å². The SMILES string of the molecule is CC(C)(C)C1(C)OC(=O)C(=Cc2cccc(O)c2)C(=O)O1. The van der Waals surface area contributed by atoms with Gasteiger partial charge in [0.25, 0.3) is 5.79 Å². The molecule has 1 N–H and O–H groups in total. The predicted octanol–water partition coefficient (Wildman–Crippen LogP) is 2.64. The van der Waals surface area contributed by atoms with Crippen molar-refractivity contribution in [2.75, 3.05) is 0 Å². The first-order valence-electron chi connectivity index (χ1n) is 6.60. The van der Waals surface area contributed by atoms with Gasteiger partial charge in [0.2, 0.25) is 0 Å². The van der Waals surface area contributed by atoms with Gasteiger partial charge in [0.1, 0.15) is 11.3 Å². The highest BCUT2D eigenvalue weighted by atomic mass is 16.7. The zero-order valence-electron chi connectivity index (χ0n) is 12.5. The van der Waals surface area contributed by atoms with Gasteiger partial charge in [-0.25, -0.2) is 9.59 Å². The van der Waals surface area contributed by atoms with Gasteiger partial charge in [0.15, 0.2) is 0 Å². The zero-order chi connectivity index (χ0) is 15.8. The fourth-order valence-corrected chi connectivity index (χ4v) is 1.77. The third kappa shape index (κ3) is 2.91. The molecule has 1 aliphatic heterocycles. The van der Waals surface area contributed by atoms with Crippen LogP contribution >= 0.6 is 0 Å². The molecule has 0 saturated carbocycles.